The first-order valence-corrected chi connectivity index (χ1v) is 8.27. The average molecular weight is 320 g/mol. The Labute approximate surface area is 140 Å². The Kier molecular flexibility index (Phi) is 3.56. The third kappa shape index (κ3) is 2.46. The molecule has 5 nitrogen and oxygen atoms in total. The van der Waals surface area contributed by atoms with Gasteiger partial charge in [0.15, 0.2) is 5.82 Å². The SMILES string of the molecule is Cc1ccc2c3ccnc(C)c3n(CCCc3noc(C)n3)c2c1. The van der Waals surface area contributed by atoms with Crippen molar-refractivity contribution < 1.29 is 4.52 Å². The minimum atomic E-state index is 0.623. The van der Waals surface area contributed by atoms with Crippen molar-refractivity contribution in [2.24, 2.45) is 0 Å². The zero-order chi connectivity index (χ0) is 16.7. The largest absolute Gasteiger partial charge is 0.340 e. The lowest BCUT2D eigenvalue weighted by Gasteiger charge is -2.08. The molecule has 0 fully saturated rings. The van der Waals surface area contributed by atoms with Gasteiger partial charge >= 0.3 is 0 Å². The quantitative estimate of drug-likeness (QED) is 0.567. The summed E-state index contributed by atoms with van der Waals surface area (Å²) in [5.41, 5.74) is 4.83. The van der Waals surface area contributed by atoms with Crippen LogP contribution in [0.5, 0.6) is 0 Å². The van der Waals surface area contributed by atoms with E-state index in [0.29, 0.717) is 5.89 Å². The third-order valence-electron chi connectivity index (χ3n) is 4.46. The Bertz CT molecular complexity index is 1030. The average Bonchev–Trinajstić information content (AvgIpc) is 3.10. The number of hydrogen-bond acceptors (Lipinski definition) is 4. The summed E-state index contributed by atoms with van der Waals surface area (Å²) in [7, 11) is 0. The molecule has 5 heteroatoms. The lowest BCUT2D eigenvalue weighted by molar-refractivity contribution is 0.386. The molecule has 4 rings (SSSR count). The normalized spacial score (nSPS) is 11.6. The molecule has 1 aromatic carbocycles. The molecule has 0 atom stereocenters. The van der Waals surface area contributed by atoms with Crippen LogP contribution in [0.1, 0.15) is 29.4 Å². The zero-order valence-electron chi connectivity index (χ0n) is 14.2. The molecule has 0 saturated heterocycles. The van der Waals surface area contributed by atoms with Crippen LogP contribution in [-0.2, 0) is 13.0 Å². The fourth-order valence-corrected chi connectivity index (χ4v) is 3.40. The molecule has 122 valence electrons. The van der Waals surface area contributed by atoms with E-state index in [1.165, 1.54) is 27.4 Å². The number of pyridine rings is 1. The van der Waals surface area contributed by atoms with E-state index in [2.05, 4.69) is 57.8 Å². The second kappa shape index (κ2) is 5.74. The van der Waals surface area contributed by atoms with E-state index in [1.807, 2.05) is 13.1 Å². The summed E-state index contributed by atoms with van der Waals surface area (Å²) in [6, 6.07) is 8.75. The van der Waals surface area contributed by atoms with E-state index in [1.54, 1.807) is 0 Å². The molecule has 0 bridgehead atoms. The second-order valence-electron chi connectivity index (χ2n) is 6.30. The maximum atomic E-state index is 5.05. The Morgan fingerprint density at radius 2 is 1.96 bits per heavy atom. The number of fused-ring (bicyclic) bond motifs is 3. The highest BCUT2D eigenvalue weighted by molar-refractivity contribution is 6.08. The molecule has 24 heavy (non-hydrogen) atoms. The first-order chi connectivity index (χ1) is 11.6. The van der Waals surface area contributed by atoms with E-state index in [-0.39, 0.29) is 0 Å². The highest BCUT2D eigenvalue weighted by Gasteiger charge is 2.13. The van der Waals surface area contributed by atoms with Crippen molar-refractivity contribution in [2.45, 2.75) is 40.2 Å². The Balaban J connectivity index is 1.75. The van der Waals surface area contributed by atoms with Crippen LogP contribution in [0.25, 0.3) is 21.8 Å². The standard InChI is InChI=1S/C19H20N4O/c1-12-6-7-15-16-8-9-20-13(2)19(16)23(17(15)11-12)10-4-5-18-21-14(3)24-22-18/h6-9,11H,4-5,10H2,1-3H3. The summed E-state index contributed by atoms with van der Waals surface area (Å²) in [6.07, 6.45) is 3.66. The van der Waals surface area contributed by atoms with Gasteiger partial charge in [0.1, 0.15) is 0 Å². The minimum Gasteiger partial charge on any atom is -0.340 e. The zero-order valence-corrected chi connectivity index (χ0v) is 14.2. The van der Waals surface area contributed by atoms with Crippen LogP contribution in [0.4, 0.5) is 0 Å². The van der Waals surface area contributed by atoms with Gasteiger partial charge < -0.3 is 9.09 Å². The third-order valence-corrected chi connectivity index (χ3v) is 4.46. The van der Waals surface area contributed by atoms with Crippen LogP contribution >= 0.6 is 0 Å². The summed E-state index contributed by atoms with van der Waals surface area (Å²) in [5.74, 6) is 1.40. The minimum absolute atomic E-state index is 0.623. The predicted molar refractivity (Wildman–Crippen MR) is 94.1 cm³/mol. The monoisotopic (exact) mass is 320 g/mol. The number of aryl methyl sites for hydroxylation is 5. The molecule has 0 radical (unpaired) electrons. The molecule has 0 aliphatic rings. The van der Waals surface area contributed by atoms with Crippen molar-refractivity contribution in [2.75, 3.05) is 0 Å². The molecule has 0 saturated carbocycles. The lowest BCUT2D eigenvalue weighted by Crippen LogP contribution is -2.02. The second-order valence-corrected chi connectivity index (χ2v) is 6.30. The number of hydrogen-bond donors (Lipinski definition) is 0. The smallest absolute Gasteiger partial charge is 0.223 e. The topological polar surface area (TPSA) is 56.7 Å². The number of aromatic nitrogens is 4. The van der Waals surface area contributed by atoms with Crippen molar-refractivity contribution in [3.05, 3.63) is 53.4 Å². The Morgan fingerprint density at radius 1 is 1.08 bits per heavy atom. The van der Waals surface area contributed by atoms with Crippen LogP contribution in [0, 0.1) is 20.8 Å². The van der Waals surface area contributed by atoms with Gasteiger partial charge in [-0.05, 0) is 38.0 Å². The maximum Gasteiger partial charge on any atom is 0.223 e. The van der Waals surface area contributed by atoms with Crippen molar-refractivity contribution in [3.8, 4) is 0 Å². The van der Waals surface area contributed by atoms with Gasteiger partial charge in [0.2, 0.25) is 5.89 Å². The van der Waals surface area contributed by atoms with Crippen LogP contribution in [0.2, 0.25) is 0 Å². The first-order valence-electron chi connectivity index (χ1n) is 8.27. The van der Waals surface area contributed by atoms with Gasteiger partial charge in [0.25, 0.3) is 0 Å². The molecule has 3 aromatic heterocycles. The number of nitrogens with zero attached hydrogens (tertiary/aromatic N) is 4. The molecule has 0 aliphatic carbocycles. The fraction of sp³-hybridized carbons (Fsp3) is 0.316. The summed E-state index contributed by atoms with van der Waals surface area (Å²) in [5, 5.41) is 6.54. The summed E-state index contributed by atoms with van der Waals surface area (Å²) >= 11 is 0. The number of benzene rings is 1. The van der Waals surface area contributed by atoms with Gasteiger partial charge in [-0.3, -0.25) is 4.98 Å². The maximum absolute atomic E-state index is 5.05. The van der Waals surface area contributed by atoms with Gasteiger partial charge in [0.05, 0.1) is 11.2 Å². The van der Waals surface area contributed by atoms with Crippen molar-refractivity contribution in [1.29, 1.82) is 0 Å². The van der Waals surface area contributed by atoms with E-state index in [4.69, 9.17) is 4.52 Å². The summed E-state index contributed by atoms with van der Waals surface area (Å²) in [4.78, 5) is 8.78. The molecule has 0 N–H and O–H groups in total. The van der Waals surface area contributed by atoms with Gasteiger partial charge in [-0.15, -0.1) is 0 Å². The molecule has 0 aliphatic heterocycles. The van der Waals surface area contributed by atoms with Crippen molar-refractivity contribution in [3.63, 3.8) is 0 Å². The van der Waals surface area contributed by atoms with Crippen molar-refractivity contribution in [1.82, 2.24) is 19.7 Å². The van der Waals surface area contributed by atoms with Crippen LogP contribution in [0.15, 0.2) is 35.0 Å². The van der Waals surface area contributed by atoms with Gasteiger partial charge in [-0.2, -0.15) is 4.98 Å². The van der Waals surface area contributed by atoms with Gasteiger partial charge in [0, 0.05) is 42.4 Å². The lowest BCUT2D eigenvalue weighted by atomic mass is 10.1. The van der Waals surface area contributed by atoms with Gasteiger partial charge in [-0.25, -0.2) is 0 Å². The van der Waals surface area contributed by atoms with Crippen molar-refractivity contribution >= 4 is 21.8 Å². The molecule has 0 amide bonds. The number of rotatable bonds is 4. The fourth-order valence-electron chi connectivity index (χ4n) is 3.40. The molecule has 0 spiro atoms. The van der Waals surface area contributed by atoms with E-state index in [9.17, 15) is 0 Å². The van der Waals surface area contributed by atoms with E-state index < -0.39 is 0 Å². The molecule has 0 unspecified atom stereocenters. The molecule has 4 aromatic rings. The van der Waals surface area contributed by atoms with Gasteiger partial charge in [-0.1, -0.05) is 17.3 Å². The highest BCUT2D eigenvalue weighted by atomic mass is 16.5. The molecular formula is C19H20N4O. The van der Waals surface area contributed by atoms with Crippen LogP contribution < -0.4 is 0 Å². The first kappa shape index (κ1) is 14.9. The summed E-state index contributed by atoms with van der Waals surface area (Å²) < 4.78 is 7.43. The Hall–Kier alpha value is -2.69. The van der Waals surface area contributed by atoms with E-state index >= 15 is 0 Å². The Morgan fingerprint density at radius 3 is 2.75 bits per heavy atom. The van der Waals surface area contributed by atoms with Crippen LogP contribution in [0.3, 0.4) is 0 Å². The molecule has 3 heterocycles. The predicted octanol–water partition coefficient (Wildman–Crippen LogP) is 4.13. The van der Waals surface area contributed by atoms with Crippen LogP contribution in [-0.4, -0.2) is 19.7 Å². The summed E-state index contributed by atoms with van der Waals surface area (Å²) in [6.45, 7) is 6.94. The molecular weight excluding hydrogens is 300 g/mol. The highest BCUT2D eigenvalue weighted by Crippen LogP contribution is 2.31. The van der Waals surface area contributed by atoms with E-state index in [0.717, 1.165) is 30.9 Å².